The number of ether oxygens (including phenoxy) is 1. The second-order valence-electron chi connectivity index (χ2n) is 2.86. The number of carboxylic acid groups (broad SMARTS) is 1. The summed E-state index contributed by atoms with van der Waals surface area (Å²) < 4.78 is 5.25. The Labute approximate surface area is 82.5 Å². The molecule has 0 aliphatic rings. The Balaban J connectivity index is 2.69. The van der Waals surface area contributed by atoms with Gasteiger partial charge in [-0.05, 0) is 18.6 Å². The first kappa shape index (κ1) is 10.5. The van der Waals surface area contributed by atoms with Gasteiger partial charge >= 0.3 is 5.97 Å². The first-order valence-corrected chi connectivity index (χ1v) is 4.56. The summed E-state index contributed by atoms with van der Waals surface area (Å²) in [6.07, 6.45) is 3.43. The zero-order chi connectivity index (χ0) is 10.4. The largest absolute Gasteiger partial charge is 0.477 e. The molecule has 0 amide bonds. The van der Waals surface area contributed by atoms with Crippen LogP contribution in [0.4, 0.5) is 0 Å². The van der Waals surface area contributed by atoms with Crippen molar-refractivity contribution in [3.05, 3.63) is 23.9 Å². The molecule has 0 aliphatic carbocycles. The summed E-state index contributed by atoms with van der Waals surface area (Å²) in [6.45, 7) is 2.55. The van der Waals surface area contributed by atoms with Gasteiger partial charge in [-0.1, -0.05) is 13.3 Å². The van der Waals surface area contributed by atoms with E-state index in [4.69, 9.17) is 9.84 Å². The number of aromatic carboxylic acids is 1. The van der Waals surface area contributed by atoms with Crippen molar-refractivity contribution in [2.75, 3.05) is 6.61 Å². The van der Waals surface area contributed by atoms with Crippen molar-refractivity contribution < 1.29 is 14.6 Å². The summed E-state index contributed by atoms with van der Waals surface area (Å²) >= 11 is 0. The highest BCUT2D eigenvalue weighted by molar-refractivity contribution is 5.90. The molecule has 0 unspecified atom stereocenters. The zero-order valence-corrected chi connectivity index (χ0v) is 8.06. The van der Waals surface area contributed by atoms with Crippen molar-refractivity contribution in [2.24, 2.45) is 0 Å². The molecule has 14 heavy (non-hydrogen) atoms. The number of nitrogens with zero attached hydrogens (tertiary/aromatic N) is 1. The third kappa shape index (κ3) is 2.73. The number of hydrogen-bond donors (Lipinski definition) is 1. The molecular formula is C10H13NO3. The minimum absolute atomic E-state index is 0.114. The Morgan fingerprint density at radius 3 is 3.07 bits per heavy atom. The molecule has 4 nitrogen and oxygen atoms in total. The lowest BCUT2D eigenvalue weighted by Gasteiger charge is -2.06. The van der Waals surface area contributed by atoms with E-state index >= 15 is 0 Å². The molecule has 0 bridgehead atoms. The Morgan fingerprint density at radius 1 is 1.64 bits per heavy atom. The fourth-order valence-corrected chi connectivity index (χ4v) is 0.982. The number of carbonyl (C=O) groups is 1. The molecule has 0 radical (unpaired) electrons. The molecule has 1 rings (SSSR count). The van der Waals surface area contributed by atoms with E-state index in [0.29, 0.717) is 6.61 Å². The quantitative estimate of drug-likeness (QED) is 0.729. The van der Waals surface area contributed by atoms with Gasteiger partial charge in [0.25, 0.3) is 0 Å². The molecule has 1 aromatic rings. The van der Waals surface area contributed by atoms with Crippen LogP contribution in [-0.4, -0.2) is 22.7 Å². The zero-order valence-electron chi connectivity index (χ0n) is 8.06. The molecule has 0 saturated carbocycles. The fraction of sp³-hybridized carbons (Fsp3) is 0.400. The van der Waals surface area contributed by atoms with Crippen molar-refractivity contribution in [2.45, 2.75) is 19.8 Å². The lowest BCUT2D eigenvalue weighted by atomic mass is 10.3. The number of aromatic nitrogens is 1. The number of hydrogen-bond acceptors (Lipinski definition) is 3. The summed E-state index contributed by atoms with van der Waals surface area (Å²) in [7, 11) is 0. The number of pyridine rings is 1. The van der Waals surface area contributed by atoms with Crippen molar-refractivity contribution >= 4 is 5.97 Å². The van der Waals surface area contributed by atoms with Crippen LogP contribution in [0.5, 0.6) is 5.88 Å². The van der Waals surface area contributed by atoms with Crippen LogP contribution in [0.3, 0.4) is 0 Å². The van der Waals surface area contributed by atoms with Gasteiger partial charge in [0.15, 0.2) is 0 Å². The average Bonchev–Trinajstić information content (AvgIpc) is 2.19. The SMILES string of the molecule is CCCCOc1ncccc1C(=O)O. The van der Waals surface area contributed by atoms with Crippen LogP contribution in [0.15, 0.2) is 18.3 Å². The molecule has 1 N–H and O–H groups in total. The third-order valence-corrected chi connectivity index (χ3v) is 1.74. The van der Waals surface area contributed by atoms with E-state index in [9.17, 15) is 4.79 Å². The van der Waals surface area contributed by atoms with Gasteiger partial charge in [0.2, 0.25) is 5.88 Å². The molecule has 0 saturated heterocycles. The maximum absolute atomic E-state index is 10.7. The molecule has 76 valence electrons. The topological polar surface area (TPSA) is 59.4 Å². The highest BCUT2D eigenvalue weighted by atomic mass is 16.5. The van der Waals surface area contributed by atoms with E-state index in [1.165, 1.54) is 12.3 Å². The molecule has 1 aromatic heterocycles. The summed E-state index contributed by atoms with van der Waals surface area (Å²) in [5.74, 6) is -0.807. The fourth-order valence-electron chi connectivity index (χ4n) is 0.982. The predicted octanol–water partition coefficient (Wildman–Crippen LogP) is 1.96. The molecule has 1 heterocycles. The Morgan fingerprint density at radius 2 is 2.43 bits per heavy atom. The van der Waals surface area contributed by atoms with Gasteiger partial charge in [-0.2, -0.15) is 0 Å². The van der Waals surface area contributed by atoms with Crippen LogP contribution in [-0.2, 0) is 0 Å². The Bertz CT molecular complexity index is 312. The number of carboxylic acids is 1. The van der Waals surface area contributed by atoms with Crippen molar-refractivity contribution in [1.29, 1.82) is 0 Å². The summed E-state index contributed by atoms with van der Waals surface area (Å²) in [5.41, 5.74) is 0.114. The molecule has 0 fully saturated rings. The van der Waals surface area contributed by atoms with Gasteiger partial charge in [-0.25, -0.2) is 9.78 Å². The highest BCUT2D eigenvalue weighted by Crippen LogP contribution is 2.14. The first-order valence-electron chi connectivity index (χ1n) is 4.56. The molecule has 4 heteroatoms. The lowest BCUT2D eigenvalue weighted by molar-refractivity contribution is 0.0691. The molecular weight excluding hydrogens is 182 g/mol. The van der Waals surface area contributed by atoms with Gasteiger partial charge in [-0.15, -0.1) is 0 Å². The third-order valence-electron chi connectivity index (χ3n) is 1.74. The normalized spacial score (nSPS) is 9.79. The Kier molecular flexibility index (Phi) is 3.91. The highest BCUT2D eigenvalue weighted by Gasteiger charge is 2.10. The van der Waals surface area contributed by atoms with Crippen LogP contribution >= 0.6 is 0 Å². The van der Waals surface area contributed by atoms with E-state index in [0.717, 1.165) is 12.8 Å². The van der Waals surface area contributed by atoms with Crippen LogP contribution in [0.25, 0.3) is 0 Å². The second kappa shape index (κ2) is 5.21. The van der Waals surface area contributed by atoms with Crippen molar-refractivity contribution in [3.63, 3.8) is 0 Å². The van der Waals surface area contributed by atoms with Gasteiger partial charge in [0.05, 0.1) is 6.61 Å². The van der Waals surface area contributed by atoms with Crippen LogP contribution < -0.4 is 4.74 Å². The van der Waals surface area contributed by atoms with Gasteiger partial charge in [0.1, 0.15) is 5.56 Å². The standard InChI is InChI=1S/C10H13NO3/c1-2-3-7-14-9-8(10(12)13)5-4-6-11-9/h4-6H,2-3,7H2,1H3,(H,12,13). The van der Waals surface area contributed by atoms with Gasteiger partial charge in [-0.3, -0.25) is 0 Å². The lowest BCUT2D eigenvalue weighted by Crippen LogP contribution is -2.05. The molecule has 0 spiro atoms. The maximum Gasteiger partial charge on any atom is 0.341 e. The first-order chi connectivity index (χ1) is 6.75. The van der Waals surface area contributed by atoms with E-state index < -0.39 is 5.97 Å². The van der Waals surface area contributed by atoms with E-state index in [1.807, 2.05) is 6.92 Å². The van der Waals surface area contributed by atoms with E-state index in [2.05, 4.69) is 4.98 Å². The van der Waals surface area contributed by atoms with Gasteiger partial charge in [0, 0.05) is 6.20 Å². The smallest absolute Gasteiger partial charge is 0.341 e. The van der Waals surface area contributed by atoms with E-state index in [1.54, 1.807) is 6.07 Å². The maximum atomic E-state index is 10.7. The van der Waals surface area contributed by atoms with Crippen molar-refractivity contribution in [3.8, 4) is 5.88 Å². The van der Waals surface area contributed by atoms with Crippen molar-refractivity contribution in [1.82, 2.24) is 4.98 Å². The molecule has 0 aliphatic heterocycles. The summed E-state index contributed by atoms with van der Waals surface area (Å²) in [6, 6.07) is 3.06. The average molecular weight is 195 g/mol. The molecule has 0 atom stereocenters. The van der Waals surface area contributed by atoms with E-state index in [-0.39, 0.29) is 11.4 Å². The number of unbranched alkanes of at least 4 members (excludes halogenated alkanes) is 1. The van der Waals surface area contributed by atoms with Gasteiger partial charge < -0.3 is 9.84 Å². The predicted molar refractivity (Wildman–Crippen MR) is 51.6 cm³/mol. The monoisotopic (exact) mass is 195 g/mol. The number of rotatable bonds is 5. The van der Waals surface area contributed by atoms with Crippen LogP contribution in [0, 0.1) is 0 Å². The summed E-state index contributed by atoms with van der Waals surface area (Å²) in [5, 5.41) is 8.80. The van der Waals surface area contributed by atoms with Crippen LogP contribution in [0.1, 0.15) is 30.1 Å². The molecule has 0 aromatic carbocycles. The van der Waals surface area contributed by atoms with Crippen LogP contribution in [0.2, 0.25) is 0 Å². The summed E-state index contributed by atoms with van der Waals surface area (Å²) in [4.78, 5) is 14.6. The Hall–Kier alpha value is -1.58. The minimum atomic E-state index is -1.01. The minimum Gasteiger partial charge on any atom is -0.477 e. The second-order valence-corrected chi connectivity index (χ2v) is 2.86.